The summed E-state index contributed by atoms with van der Waals surface area (Å²) >= 11 is 7.42. The lowest BCUT2D eigenvalue weighted by Gasteiger charge is -2.33. The molecule has 1 fully saturated rings. The van der Waals surface area contributed by atoms with Crippen LogP contribution in [0.5, 0.6) is 0 Å². The van der Waals surface area contributed by atoms with Gasteiger partial charge in [-0.05, 0) is 68.6 Å². The maximum atomic E-state index is 13.3. The van der Waals surface area contributed by atoms with Gasteiger partial charge in [0.2, 0.25) is 5.91 Å². The number of carbonyl (C=O) groups is 2. The Kier molecular flexibility index (Phi) is 8.12. The molecule has 4 rings (SSSR count). The lowest BCUT2D eigenvalue weighted by Crippen LogP contribution is -2.43. The number of nitrogens with zero attached hydrogens (tertiary/aromatic N) is 2. The summed E-state index contributed by atoms with van der Waals surface area (Å²) < 4.78 is 0. The number of anilines is 1. The average molecular weight is 484 g/mol. The van der Waals surface area contributed by atoms with Gasteiger partial charge in [-0.1, -0.05) is 54.0 Å². The topological polar surface area (TPSA) is 52.7 Å². The van der Waals surface area contributed by atoms with Crippen molar-refractivity contribution >= 4 is 46.9 Å². The first-order valence-electron chi connectivity index (χ1n) is 11.6. The van der Waals surface area contributed by atoms with Crippen molar-refractivity contribution in [1.82, 2.24) is 10.2 Å². The summed E-state index contributed by atoms with van der Waals surface area (Å²) in [4.78, 5) is 31.6. The van der Waals surface area contributed by atoms with E-state index in [2.05, 4.69) is 17.1 Å². The fourth-order valence-electron chi connectivity index (χ4n) is 4.33. The first kappa shape index (κ1) is 23.9. The number of amides is 2. The zero-order chi connectivity index (χ0) is 23.2. The number of hydrogen-bond donors (Lipinski definition) is 1. The van der Waals surface area contributed by atoms with Crippen LogP contribution >= 0.6 is 23.4 Å². The van der Waals surface area contributed by atoms with Crippen LogP contribution in [0.25, 0.3) is 6.08 Å². The van der Waals surface area contributed by atoms with E-state index in [0.717, 1.165) is 35.7 Å². The number of para-hydroxylation sites is 1. The van der Waals surface area contributed by atoms with Gasteiger partial charge in [-0.15, -0.1) is 0 Å². The largest absolute Gasteiger partial charge is 0.355 e. The van der Waals surface area contributed by atoms with Crippen molar-refractivity contribution in [3.8, 4) is 0 Å². The van der Waals surface area contributed by atoms with Crippen LogP contribution in [-0.2, 0) is 9.59 Å². The summed E-state index contributed by atoms with van der Waals surface area (Å²) in [6.45, 7) is 5.05. The van der Waals surface area contributed by atoms with E-state index in [4.69, 9.17) is 11.6 Å². The van der Waals surface area contributed by atoms with Gasteiger partial charge in [-0.3, -0.25) is 14.5 Å². The zero-order valence-electron chi connectivity index (χ0n) is 18.9. The van der Waals surface area contributed by atoms with E-state index in [1.54, 1.807) is 17.0 Å². The van der Waals surface area contributed by atoms with Gasteiger partial charge in [-0.2, -0.15) is 0 Å². The minimum Gasteiger partial charge on any atom is -0.355 e. The molecule has 0 radical (unpaired) electrons. The molecule has 0 bridgehead atoms. The minimum absolute atomic E-state index is 0.00841. The van der Waals surface area contributed by atoms with Gasteiger partial charge >= 0.3 is 0 Å². The lowest BCUT2D eigenvalue weighted by atomic mass is 10.0. The number of benzene rings is 2. The minimum atomic E-state index is -0.161. The van der Waals surface area contributed by atoms with Crippen molar-refractivity contribution in [3.63, 3.8) is 0 Å². The first-order valence-corrected chi connectivity index (χ1v) is 12.8. The van der Waals surface area contributed by atoms with Crippen molar-refractivity contribution in [2.75, 3.05) is 31.1 Å². The van der Waals surface area contributed by atoms with Crippen LogP contribution in [-0.4, -0.2) is 48.9 Å². The SMILES string of the molecule is C[C@@H]1CCCCN1CCCNC(=O)CN1C(=O)/C(=C\c2ccc(Cl)cc2)Sc2ccccc21. The molecule has 33 heavy (non-hydrogen) atoms. The molecular formula is C26H30ClN3O2S. The van der Waals surface area contributed by atoms with Crippen molar-refractivity contribution in [3.05, 3.63) is 64.0 Å². The first-order chi connectivity index (χ1) is 16.0. The summed E-state index contributed by atoms with van der Waals surface area (Å²) in [6, 6.07) is 15.7. The quantitative estimate of drug-likeness (QED) is 0.434. The van der Waals surface area contributed by atoms with E-state index in [-0.39, 0.29) is 18.4 Å². The fraction of sp³-hybridized carbons (Fsp3) is 0.385. The van der Waals surface area contributed by atoms with Crippen LogP contribution in [0.2, 0.25) is 5.02 Å². The molecule has 174 valence electrons. The highest BCUT2D eigenvalue weighted by Crippen LogP contribution is 2.41. The second-order valence-electron chi connectivity index (χ2n) is 8.61. The normalized spacial score (nSPS) is 20.1. The molecule has 2 aliphatic heterocycles. The summed E-state index contributed by atoms with van der Waals surface area (Å²) in [5, 5.41) is 3.66. The van der Waals surface area contributed by atoms with Crippen LogP contribution in [0.3, 0.4) is 0 Å². The van der Waals surface area contributed by atoms with E-state index in [1.165, 1.54) is 31.0 Å². The lowest BCUT2D eigenvalue weighted by molar-refractivity contribution is -0.122. The number of fused-ring (bicyclic) bond motifs is 1. The predicted molar refractivity (Wildman–Crippen MR) is 137 cm³/mol. The predicted octanol–water partition coefficient (Wildman–Crippen LogP) is 5.20. The highest BCUT2D eigenvalue weighted by Gasteiger charge is 2.30. The number of halogens is 1. The molecule has 0 aromatic heterocycles. The Morgan fingerprint density at radius 3 is 2.76 bits per heavy atom. The number of carbonyl (C=O) groups excluding carboxylic acids is 2. The molecule has 2 aromatic carbocycles. The molecular weight excluding hydrogens is 454 g/mol. The van der Waals surface area contributed by atoms with Gasteiger partial charge in [-0.25, -0.2) is 0 Å². The van der Waals surface area contributed by atoms with Gasteiger partial charge in [0.15, 0.2) is 0 Å². The van der Waals surface area contributed by atoms with Crippen molar-refractivity contribution in [2.45, 2.75) is 43.5 Å². The van der Waals surface area contributed by atoms with E-state index >= 15 is 0 Å². The molecule has 7 heteroatoms. The number of piperidine rings is 1. The number of hydrogen-bond acceptors (Lipinski definition) is 4. The molecule has 1 saturated heterocycles. The standard InChI is InChI=1S/C26H30ClN3O2S/c1-19-7-4-5-15-29(19)16-6-14-28-25(31)18-30-22-8-2-3-9-23(22)33-24(26(30)32)17-20-10-12-21(27)13-11-20/h2-3,8-13,17,19H,4-7,14-16,18H2,1H3,(H,28,31)/b24-17+/t19-/m1/s1. The van der Waals surface area contributed by atoms with Gasteiger partial charge in [0.05, 0.1) is 10.6 Å². The molecule has 0 spiro atoms. The molecule has 0 saturated carbocycles. The third-order valence-corrected chi connectivity index (χ3v) is 7.52. The van der Waals surface area contributed by atoms with Crippen LogP contribution in [0.1, 0.15) is 38.2 Å². The third kappa shape index (κ3) is 6.19. The van der Waals surface area contributed by atoms with E-state index in [9.17, 15) is 9.59 Å². The van der Waals surface area contributed by atoms with Crippen LogP contribution in [0, 0.1) is 0 Å². The maximum absolute atomic E-state index is 13.3. The van der Waals surface area contributed by atoms with Gasteiger partial charge in [0, 0.05) is 29.0 Å². The van der Waals surface area contributed by atoms with Crippen molar-refractivity contribution in [2.24, 2.45) is 0 Å². The molecule has 0 aliphatic carbocycles. The van der Waals surface area contributed by atoms with Crippen LogP contribution in [0.15, 0.2) is 58.3 Å². The van der Waals surface area contributed by atoms with Crippen LogP contribution < -0.4 is 10.2 Å². The Balaban J connectivity index is 1.39. The second kappa shape index (κ2) is 11.2. The smallest absolute Gasteiger partial charge is 0.265 e. The molecule has 2 heterocycles. The number of thioether (sulfide) groups is 1. The monoisotopic (exact) mass is 483 g/mol. The van der Waals surface area contributed by atoms with Crippen LogP contribution in [0.4, 0.5) is 5.69 Å². The number of likely N-dealkylation sites (tertiary alicyclic amines) is 1. The molecule has 1 atom stereocenters. The highest BCUT2D eigenvalue weighted by atomic mass is 35.5. The van der Waals surface area contributed by atoms with Gasteiger partial charge < -0.3 is 10.2 Å². The van der Waals surface area contributed by atoms with E-state index in [0.29, 0.717) is 22.5 Å². The fourth-order valence-corrected chi connectivity index (χ4v) is 5.51. The Hall–Kier alpha value is -2.28. The number of nitrogens with one attached hydrogen (secondary N) is 1. The van der Waals surface area contributed by atoms with Gasteiger partial charge in [0.1, 0.15) is 6.54 Å². The Labute approximate surface area is 205 Å². The third-order valence-electron chi connectivity index (χ3n) is 6.19. The Morgan fingerprint density at radius 1 is 1.18 bits per heavy atom. The van der Waals surface area contributed by atoms with Gasteiger partial charge in [0.25, 0.3) is 5.91 Å². The van der Waals surface area contributed by atoms with E-state index in [1.807, 2.05) is 42.5 Å². The summed E-state index contributed by atoms with van der Waals surface area (Å²) in [5.41, 5.74) is 1.67. The van der Waals surface area contributed by atoms with Crippen molar-refractivity contribution in [1.29, 1.82) is 0 Å². The Bertz CT molecular complexity index is 1020. The summed E-state index contributed by atoms with van der Waals surface area (Å²) in [6.07, 6.45) is 6.60. The maximum Gasteiger partial charge on any atom is 0.265 e. The van der Waals surface area contributed by atoms with Crippen molar-refractivity contribution < 1.29 is 9.59 Å². The molecule has 1 N–H and O–H groups in total. The molecule has 2 aliphatic rings. The second-order valence-corrected chi connectivity index (χ2v) is 10.1. The number of rotatable bonds is 7. The molecule has 2 amide bonds. The van der Waals surface area contributed by atoms with E-state index < -0.39 is 0 Å². The Morgan fingerprint density at radius 2 is 1.97 bits per heavy atom. The molecule has 5 nitrogen and oxygen atoms in total. The molecule has 2 aromatic rings. The summed E-state index contributed by atoms with van der Waals surface area (Å²) in [5.74, 6) is -0.298. The zero-order valence-corrected chi connectivity index (χ0v) is 20.5. The summed E-state index contributed by atoms with van der Waals surface area (Å²) in [7, 11) is 0. The average Bonchev–Trinajstić information content (AvgIpc) is 2.82. The highest BCUT2D eigenvalue weighted by molar-refractivity contribution is 8.04. The molecule has 0 unspecified atom stereocenters.